The van der Waals surface area contributed by atoms with Gasteiger partial charge in [-0.15, -0.1) is 0 Å². The zero-order valence-corrected chi connectivity index (χ0v) is 10.2. The average molecular weight is 245 g/mol. The van der Waals surface area contributed by atoms with E-state index in [-0.39, 0.29) is 5.78 Å². The Balaban J connectivity index is 2.24. The molecule has 3 aromatic carbocycles. The van der Waals surface area contributed by atoms with E-state index in [1.165, 1.54) is 0 Å². The van der Waals surface area contributed by atoms with Gasteiger partial charge < -0.3 is 5.73 Å². The van der Waals surface area contributed by atoms with Gasteiger partial charge in [-0.05, 0) is 28.6 Å². The second-order valence-electron chi connectivity index (χ2n) is 4.84. The summed E-state index contributed by atoms with van der Waals surface area (Å²) in [6, 6.07) is 17.5. The van der Waals surface area contributed by atoms with Crippen LogP contribution in [0.1, 0.15) is 15.9 Å². The van der Waals surface area contributed by atoms with Crippen LogP contribution in [0.15, 0.2) is 54.6 Å². The van der Waals surface area contributed by atoms with Crippen molar-refractivity contribution in [3.05, 3.63) is 65.7 Å². The van der Waals surface area contributed by atoms with E-state index in [1.54, 1.807) is 6.07 Å². The number of benzene rings is 3. The van der Waals surface area contributed by atoms with E-state index < -0.39 is 0 Å². The number of carbonyl (C=O) groups excluding carboxylic acids is 1. The molecule has 2 heteroatoms. The number of carbonyl (C=O) groups is 1. The van der Waals surface area contributed by atoms with Crippen LogP contribution in [-0.2, 0) is 0 Å². The van der Waals surface area contributed by atoms with Crippen molar-refractivity contribution in [1.29, 1.82) is 0 Å². The maximum Gasteiger partial charge on any atom is 0.194 e. The van der Waals surface area contributed by atoms with Crippen LogP contribution in [-0.4, -0.2) is 5.78 Å². The molecular weight excluding hydrogens is 234 g/mol. The van der Waals surface area contributed by atoms with Gasteiger partial charge in [-0.2, -0.15) is 0 Å². The Morgan fingerprint density at radius 3 is 2.26 bits per heavy atom. The van der Waals surface area contributed by atoms with Gasteiger partial charge in [-0.25, -0.2) is 0 Å². The normalized spacial score (nSPS) is 12.5. The minimum atomic E-state index is 0.0617. The number of hydrogen-bond donors (Lipinski definition) is 1. The number of rotatable bonds is 0. The van der Waals surface area contributed by atoms with Crippen molar-refractivity contribution < 1.29 is 4.79 Å². The van der Waals surface area contributed by atoms with Crippen LogP contribution in [0.25, 0.3) is 21.9 Å². The number of hydrogen-bond acceptors (Lipinski definition) is 2. The molecule has 0 aromatic heterocycles. The Morgan fingerprint density at radius 2 is 1.47 bits per heavy atom. The van der Waals surface area contributed by atoms with Gasteiger partial charge in [-0.3, -0.25) is 4.79 Å². The summed E-state index contributed by atoms with van der Waals surface area (Å²) in [5.41, 5.74) is 9.99. The van der Waals surface area contributed by atoms with Crippen molar-refractivity contribution in [1.82, 2.24) is 0 Å². The molecule has 0 radical (unpaired) electrons. The molecule has 4 rings (SSSR count). The number of fused-ring (bicyclic) bond motifs is 2. The first-order valence-electron chi connectivity index (χ1n) is 6.22. The van der Waals surface area contributed by atoms with Gasteiger partial charge in [0.1, 0.15) is 0 Å². The summed E-state index contributed by atoms with van der Waals surface area (Å²) in [7, 11) is 0. The lowest BCUT2D eigenvalue weighted by Gasteiger charge is -2.19. The lowest BCUT2D eigenvalue weighted by molar-refractivity contribution is 0.104. The van der Waals surface area contributed by atoms with Crippen LogP contribution in [0.2, 0.25) is 0 Å². The third-order valence-corrected chi connectivity index (χ3v) is 3.73. The van der Waals surface area contributed by atoms with Crippen molar-refractivity contribution in [3.63, 3.8) is 0 Å². The summed E-state index contributed by atoms with van der Waals surface area (Å²) in [6.45, 7) is 0. The topological polar surface area (TPSA) is 43.1 Å². The standard InChI is InChI=1S/C17H11NO/c18-11-7-8-12-13-5-1-3-10-4-2-6-14(16(10)13)17(19)15(12)9-11/h1-9H,18H2. The van der Waals surface area contributed by atoms with Gasteiger partial charge in [0.15, 0.2) is 5.78 Å². The molecular formula is C17H11NO. The van der Waals surface area contributed by atoms with Crippen molar-refractivity contribution >= 4 is 22.2 Å². The lowest BCUT2D eigenvalue weighted by atomic mass is 9.83. The summed E-state index contributed by atoms with van der Waals surface area (Å²) in [4.78, 5) is 12.6. The van der Waals surface area contributed by atoms with Crippen LogP contribution in [0, 0.1) is 0 Å². The first-order valence-corrected chi connectivity index (χ1v) is 6.22. The monoisotopic (exact) mass is 245 g/mol. The summed E-state index contributed by atoms with van der Waals surface area (Å²) >= 11 is 0. The fourth-order valence-corrected chi connectivity index (χ4v) is 2.88. The molecule has 2 N–H and O–H groups in total. The number of nitrogen functional groups attached to an aromatic ring is 1. The third kappa shape index (κ3) is 1.28. The smallest absolute Gasteiger partial charge is 0.194 e. The molecule has 0 aliphatic heterocycles. The molecule has 3 aromatic rings. The molecule has 0 amide bonds. The second kappa shape index (κ2) is 3.45. The Bertz CT molecular complexity index is 844. The molecule has 0 spiro atoms. The lowest BCUT2D eigenvalue weighted by Crippen LogP contribution is -2.10. The van der Waals surface area contributed by atoms with E-state index in [1.807, 2.05) is 42.5 Å². The van der Waals surface area contributed by atoms with Crippen LogP contribution in [0.4, 0.5) is 5.69 Å². The van der Waals surface area contributed by atoms with Crippen molar-refractivity contribution in [2.75, 3.05) is 5.73 Å². The van der Waals surface area contributed by atoms with Crippen LogP contribution in [0.5, 0.6) is 0 Å². The fourth-order valence-electron chi connectivity index (χ4n) is 2.88. The highest BCUT2D eigenvalue weighted by atomic mass is 16.1. The minimum absolute atomic E-state index is 0.0617. The van der Waals surface area contributed by atoms with Gasteiger partial charge in [0.05, 0.1) is 0 Å². The average Bonchev–Trinajstić information content (AvgIpc) is 2.44. The van der Waals surface area contributed by atoms with Gasteiger partial charge in [0.25, 0.3) is 0 Å². The first kappa shape index (κ1) is 10.3. The minimum Gasteiger partial charge on any atom is -0.399 e. The first-order chi connectivity index (χ1) is 9.25. The van der Waals surface area contributed by atoms with E-state index in [9.17, 15) is 4.79 Å². The Hall–Kier alpha value is -2.61. The molecule has 0 atom stereocenters. The van der Waals surface area contributed by atoms with Gasteiger partial charge in [0, 0.05) is 22.2 Å². The zero-order valence-electron chi connectivity index (χ0n) is 10.2. The summed E-state index contributed by atoms with van der Waals surface area (Å²) in [6.07, 6.45) is 0. The maximum absolute atomic E-state index is 12.6. The SMILES string of the molecule is Nc1ccc2c(c1)C(=O)c1cccc3cccc-2c13. The highest BCUT2D eigenvalue weighted by Gasteiger charge is 2.24. The molecule has 90 valence electrons. The van der Waals surface area contributed by atoms with Crippen molar-refractivity contribution in [2.45, 2.75) is 0 Å². The number of anilines is 1. The molecule has 0 heterocycles. The van der Waals surface area contributed by atoms with E-state index in [0.717, 1.165) is 27.5 Å². The summed E-state index contributed by atoms with van der Waals surface area (Å²) < 4.78 is 0. The molecule has 2 nitrogen and oxygen atoms in total. The molecule has 0 unspecified atom stereocenters. The van der Waals surface area contributed by atoms with E-state index in [2.05, 4.69) is 6.07 Å². The van der Waals surface area contributed by atoms with Crippen LogP contribution >= 0.6 is 0 Å². The largest absolute Gasteiger partial charge is 0.399 e. The molecule has 0 fully saturated rings. The van der Waals surface area contributed by atoms with Crippen molar-refractivity contribution in [2.24, 2.45) is 0 Å². The molecule has 1 aliphatic carbocycles. The molecule has 1 aliphatic rings. The Labute approximate surface area is 110 Å². The highest BCUT2D eigenvalue weighted by Crippen LogP contribution is 2.39. The van der Waals surface area contributed by atoms with E-state index in [0.29, 0.717) is 11.3 Å². The van der Waals surface area contributed by atoms with E-state index in [4.69, 9.17) is 5.73 Å². The molecule has 0 saturated heterocycles. The van der Waals surface area contributed by atoms with Gasteiger partial charge >= 0.3 is 0 Å². The zero-order chi connectivity index (χ0) is 13.0. The predicted octanol–water partition coefficient (Wildman–Crippen LogP) is 3.63. The number of nitrogens with two attached hydrogens (primary N) is 1. The summed E-state index contributed by atoms with van der Waals surface area (Å²) in [5.74, 6) is 0.0617. The maximum atomic E-state index is 12.6. The quantitative estimate of drug-likeness (QED) is 0.481. The summed E-state index contributed by atoms with van der Waals surface area (Å²) in [5, 5.41) is 2.15. The number of ketones is 1. The van der Waals surface area contributed by atoms with Crippen molar-refractivity contribution in [3.8, 4) is 11.1 Å². The van der Waals surface area contributed by atoms with Crippen LogP contribution < -0.4 is 5.73 Å². The fraction of sp³-hybridized carbons (Fsp3) is 0. The Kier molecular flexibility index (Phi) is 1.88. The molecule has 0 saturated carbocycles. The molecule has 19 heavy (non-hydrogen) atoms. The highest BCUT2D eigenvalue weighted by molar-refractivity contribution is 6.26. The van der Waals surface area contributed by atoms with Gasteiger partial charge in [-0.1, -0.05) is 42.5 Å². The van der Waals surface area contributed by atoms with E-state index >= 15 is 0 Å². The van der Waals surface area contributed by atoms with Crippen LogP contribution in [0.3, 0.4) is 0 Å². The van der Waals surface area contributed by atoms with Gasteiger partial charge in [0.2, 0.25) is 0 Å². The third-order valence-electron chi connectivity index (χ3n) is 3.73. The molecule has 0 bridgehead atoms. The predicted molar refractivity (Wildman–Crippen MR) is 77.2 cm³/mol. The second-order valence-corrected chi connectivity index (χ2v) is 4.84. The Morgan fingerprint density at radius 1 is 0.737 bits per heavy atom.